The topological polar surface area (TPSA) is 84.9 Å². The predicted molar refractivity (Wildman–Crippen MR) is 140 cm³/mol. The van der Waals surface area contributed by atoms with E-state index in [1.807, 2.05) is 50.5 Å². The summed E-state index contributed by atoms with van der Waals surface area (Å²) < 4.78 is 11.1. The molecule has 8 heteroatoms. The van der Waals surface area contributed by atoms with E-state index in [9.17, 15) is 14.4 Å². The standard InChI is InChI=1S/C27H36N2O5S/c1-6-11-21-22(12-9-8-10-13-23(21)28-19(3)31)27(32)29(18-30)24(17-35-5)20-14-15-25(33-4)26(16-20)34-7-2/h10,12-16,18,24H,6-9,11,17H2,1-5H3,(H,28,31)/b13-10-,22-12?,23-21?/t24-/m1/s1. The van der Waals surface area contributed by atoms with Crippen molar-refractivity contribution in [2.75, 3.05) is 25.7 Å². The normalized spacial score (nSPS) is 15.3. The molecule has 7 nitrogen and oxygen atoms in total. The summed E-state index contributed by atoms with van der Waals surface area (Å²) in [5.41, 5.74) is 2.58. The number of methoxy groups -OCH3 is 1. The fourth-order valence-electron chi connectivity index (χ4n) is 4.00. The first kappa shape index (κ1) is 28.2. The summed E-state index contributed by atoms with van der Waals surface area (Å²) in [6.45, 7) is 5.81. The Morgan fingerprint density at radius 3 is 2.60 bits per heavy atom. The zero-order valence-electron chi connectivity index (χ0n) is 21.3. The Morgan fingerprint density at radius 2 is 2.00 bits per heavy atom. The van der Waals surface area contributed by atoms with Gasteiger partial charge in [0.25, 0.3) is 5.91 Å². The molecule has 0 saturated carbocycles. The fraction of sp³-hybridized carbons (Fsp3) is 0.444. The fourth-order valence-corrected chi connectivity index (χ4v) is 4.67. The molecule has 2 rings (SSSR count). The Hall–Kier alpha value is -3.00. The summed E-state index contributed by atoms with van der Waals surface area (Å²) in [6.07, 6.45) is 11.0. The first-order chi connectivity index (χ1) is 16.9. The Bertz CT molecular complexity index is 999. The van der Waals surface area contributed by atoms with Gasteiger partial charge in [0.2, 0.25) is 12.3 Å². The molecule has 1 aromatic carbocycles. The van der Waals surface area contributed by atoms with Gasteiger partial charge in [-0.15, -0.1) is 0 Å². The number of allylic oxidation sites excluding steroid dienone is 3. The van der Waals surface area contributed by atoms with E-state index in [0.717, 1.165) is 24.0 Å². The molecular formula is C27H36N2O5S. The summed E-state index contributed by atoms with van der Waals surface area (Å²) >= 11 is 1.54. The van der Waals surface area contributed by atoms with Crippen LogP contribution >= 0.6 is 11.8 Å². The minimum atomic E-state index is -0.505. The summed E-state index contributed by atoms with van der Waals surface area (Å²) in [5, 5.41) is 2.87. The minimum Gasteiger partial charge on any atom is -0.493 e. The lowest BCUT2D eigenvalue weighted by Gasteiger charge is -2.29. The number of benzene rings is 1. The van der Waals surface area contributed by atoms with E-state index in [2.05, 4.69) is 5.32 Å². The minimum absolute atomic E-state index is 0.209. The maximum atomic E-state index is 13.9. The third-order valence-electron chi connectivity index (χ3n) is 5.54. The van der Waals surface area contributed by atoms with Crippen molar-refractivity contribution in [3.63, 3.8) is 0 Å². The molecule has 1 aliphatic rings. The van der Waals surface area contributed by atoms with Crippen LogP contribution in [0.3, 0.4) is 0 Å². The van der Waals surface area contributed by atoms with Gasteiger partial charge in [-0.25, -0.2) is 0 Å². The summed E-state index contributed by atoms with van der Waals surface area (Å²) in [6, 6.07) is 4.97. The van der Waals surface area contributed by atoms with E-state index < -0.39 is 6.04 Å². The van der Waals surface area contributed by atoms with Gasteiger partial charge in [0, 0.05) is 23.9 Å². The van der Waals surface area contributed by atoms with Crippen LogP contribution in [0.1, 0.15) is 58.1 Å². The lowest BCUT2D eigenvalue weighted by Crippen LogP contribution is -2.37. The maximum absolute atomic E-state index is 13.9. The number of carbonyl (C=O) groups excluding carboxylic acids is 3. The van der Waals surface area contributed by atoms with E-state index in [1.165, 1.54) is 11.8 Å². The van der Waals surface area contributed by atoms with Crippen molar-refractivity contribution in [1.29, 1.82) is 0 Å². The van der Waals surface area contributed by atoms with Gasteiger partial charge in [-0.1, -0.05) is 31.6 Å². The first-order valence-corrected chi connectivity index (χ1v) is 13.3. The van der Waals surface area contributed by atoms with Gasteiger partial charge in [0.1, 0.15) is 0 Å². The number of amides is 3. The molecule has 1 atom stereocenters. The van der Waals surface area contributed by atoms with Crippen molar-refractivity contribution < 1.29 is 23.9 Å². The highest BCUT2D eigenvalue weighted by atomic mass is 32.2. The van der Waals surface area contributed by atoms with E-state index >= 15 is 0 Å². The molecule has 0 aromatic heterocycles. The molecule has 0 bridgehead atoms. The third kappa shape index (κ3) is 7.49. The summed E-state index contributed by atoms with van der Waals surface area (Å²) in [7, 11) is 1.57. The molecule has 1 N–H and O–H groups in total. The number of thioether (sulfide) groups is 1. The molecular weight excluding hydrogens is 464 g/mol. The summed E-state index contributed by atoms with van der Waals surface area (Å²) in [5.74, 6) is 1.08. The number of nitrogens with zero attached hydrogens (tertiary/aromatic N) is 1. The zero-order valence-corrected chi connectivity index (χ0v) is 22.1. The van der Waals surface area contributed by atoms with Crippen LogP contribution in [0.4, 0.5) is 0 Å². The number of imide groups is 1. The molecule has 3 amide bonds. The van der Waals surface area contributed by atoms with Crippen LogP contribution in [0.2, 0.25) is 0 Å². The lowest BCUT2D eigenvalue weighted by atomic mass is 9.93. The highest BCUT2D eigenvalue weighted by Gasteiger charge is 2.30. The van der Waals surface area contributed by atoms with E-state index in [-0.39, 0.29) is 11.8 Å². The van der Waals surface area contributed by atoms with E-state index in [4.69, 9.17) is 9.47 Å². The number of hydrogen-bond donors (Lipinski definition) is 1. The van der Waals surface area contributed by atoms with Crippen molar-refractivity contribution in [2.45, 2.75) is 52.5 Å². The quantitative estimate of drug-likeness (QED) is 0.409. The highest BCUT2D eigenvalue weighted by Crippen LogP contribution is 2.35. The van der Waals surface area contributed by atoms with Gasteiger partial charge in [-0.2, -0.15) is 11.8 Å². The van der Waals surface area contributed by atoms with Crippen LogP contribution in [0.15, 0.2) is 53.3 Å². The van der Waals surface area contributed by atoms with Gasteiger partial charge < -0.3 is 14.8 Å². The molecule has 0 fully saturated rings. The highest BCUT2D eigenvalue weighted by molar-refractivity contribution is 7.98. The average Bonchev–Trinajstić information content (AvgIpc) is 2.83. The van der Waals surface area contributed by atoms with E-state index in [1.54, 1.807) is 24.9 Å². The molecule has 0 radical (unpaired) electrons. The molecule has 0 unspecified atom stereocenters. The first-order valence-electron chi connectivity index (χ1n) is 11.9. The molecule has 0 heterocycles. The van der Waals surface area contributed by atoms with Gasteiger partial charge in [-0.3, -0.25) is 19.3 Å². The lowest BCUT2D eigenvalue weighted by molar-refractivity contribution is -0.137. The molecule has 1 aromatic rings. The average molecular weight is 501 g/mol. The molecule has 35 heavy (non-hydrogen) atoms. The number of hydrogen-bond acceptors (Lipinski definition) is 6. The SMILES string of the molecule is CCCC1=C(NC(C)=O)/C=C\CCC=C1C(=O)N(C=O)[C@H](CSC)c1ccc(OC)c(OCC)c1. The zero-order chi connectivity index (χ0) is 25.8. The van der Waals surface area contributed by atoms with Gasteiger partial charge in [0.05, 0.1) is 19.8 Å². The predicted octanol–water partition coefficient (Wildman–Crippen LogP) is 4.95. The Kier molecular flexibility index (Phi) is 11.6. The molecule has 0 spiro atoms. The third-order valence-corrected chi connectivity index (χ3v) is 6.19. The van der Waals surface area contributed by atoms with E-state index in [0.29, 0.717) is 54.4 Å². The van der Waals surface area contributed by atoms with Crippen LogP contribution in [0.5, 0.6) is 11.5 Å². The van der Waals surface area contributed by atoms with Gasteiger partial charge in [0.15, 0.2) is 11.5 Å². The van der Waals surface area contributed by atoms with Crippen molar-refractivity contribution in [3.8, 4) is 11.5 Å². The number of ether oxygens (including phenoxy) is 2. The Morgan fingerprint density at radius 1 is 1.23 bits per heavy atom. The number of nitrogens with one attached hydrogen (secondary N) is 1. The van der Waals surface area contributed by atoms with Crippen LogP contribution in [-0.4, -0.2) is 48.8 Å². The van der Waals surface area contributed by atoms with Crippen LogP contribution in [-0.2, 0) is 14.4 Å². The van der Waals surface area contributed by atoms with Crippen LogP contribution in [0.25, 0.3) is 0 Å². The maximum Gasteiger partial charge on any atom is 0.260 e. The van der Waals surface area contributed by atoms with Gasteiger partial charge in [-0.05, 0) is 61.8 Å². The van der Waals surface area contributed by atoms with Crippen molar-refractivity contribution in [3.05, 3.63) is 58.8 Å². The second-order valence-electron chi connectivity index (χ2n) is 8.05. The summed E-state index contributed by atoms with van der Waals surface area (Å²) in [4.78, 5) is 39.5. The van der Waals surface area contributed by atoms with Crippen molar-refractivity contribution >= 4 is 30.0 Å². The van der Waals surface area contributed by atoms with Crippen molar-refractivity contribution in [1.82, 2.24) is 10.2 Å². The smallest absolute Gasteiger partial charge is 0.260 e. The molecule has 1 aliphatic carbocycles. The monoisotopic (exact) mass is 500 g/mol. The molecule has 0 aliphatic heterocycles. The molecule has 190 valence electrons. The molecule has 0 saturated heterocycles. The van der Waals surface area contributed by atoms with Crippen molar-refractivity contribution in [2.24, 2.45) is 0 Å². The largest absolute Gasteiger partial charge is 0.493 e. The Labute approximate surface area is 212 Å². The van der Waals surface area contributed by atoms with Crippen LogP contribution < -0.4 is 14.8 Å². The van der Waals surface area contributed by atoms with Gasteiger partial charge >= 0.3 is 0 Å². The Balaban J connectivity index is 2.57. The second kappa shape index (κ2) is 14.4. The number of carbonyl (C=O) groups is 3. The number of rotatable bonds is 12. The van der Waals surface area contributed by atoms with Crippen LogP contribution in [0, 0.1) is 0 Å². The second-order valence-corrected chi connectivity index (χ2v) is 8.96.